The predicted octanol–water partition coefficient (Wildman–Crippen LogP) is 1.97. The Labute approximate surface area is 119 Å². The van der Waals surface area contributed by atoms with Gasteiger partial charge < -0.3 is 16.0 Å². The number of carbonyl (C=O) groups excluding carboxylic acids is 2. The van der Waals surface area contributed by atoms with Crippen LogP contribution in [0.3, 0.4) is 0 Å². The molecule has 1 atom stereocenters. The van der Waals surface area contributed by atoms with Gasteiger partial charge in [-0.25, -0.2) is 0 Å². The molecule has 0 bridgehead atoms. The first-order valence-corrected chi connectivity index (χ1v) is 6.89. The minimum absolute atomic E-state index is 0.0389. The smallest absolute Gasteiger partial charge is 0.231 e. The van der Waals surface area contributed by atoms with Crippen molar-refractivity contribution in [2.45, 2.75) is 26.7 Å². The molecule has 1 unspecified atom stereocenters. The topological polar surface area (TPSA) is 70.2 Å². The molecule has 1 aromatic rings. The average Bonchev–Trinajstić information content (AvgIpc) is 2.41. The third-order valence-electron chi connectivity index (χ3n) is 3.61. The maximum Gasteiger partial charge on any atom is 0.231 e. The first kappa shape index (κ1) is 14.5. The summed E-state index contributed by atoms with van der Waals surface area (Å²) in [4.78, 5) is 23.3. The molecular weight excluding hydrogens is 254 g/mol. The Balaban J connectivity index is 1.98. The molecule has 1 aliphatic rings. The summed E-state index contributed by atoms with van der Waals surface area (Å²) in [6.45, 7) is 5.14. The minimum Gasteiger partial charge on any atom is -0.326 e. The molecule has 20 heavy (non-hydrogen) atoms. The Morgan fingerprint density at radius 3 is 2.25 bits per heavy atom. The van der Waals surface area contributed by atoms with E-state index in [0.29, 0.717) is 6.54 Å². The maximum atomic E-state index is 12.3. The molecule has 5 heteroatoms. The van der Waals surface area contributed by atoms with Crippen molar-refractivity contribution in [2.24, 2.45) is 5.41 Å². The molecular formula is C15H21N3O2. The predicted molar refractivity (Wildman–Crippen MR) is 79.6 cm³/mol. The van der Waals surface area contributed by atoms with Crippen LogP contribution >= 0.6 is 0 Å². The van der Waals surface area contributed by atoms with Gasteiger partial charge in [0.05, 0.1) is 5.41 Å². The summed E-state index contributed by atoms with van der Waals surface area (Å²) in [5.74, 6) is -0.0699. The zero-order valence-electron chi connectivity index (χ0n) is 12.0. The third-order valence-corrected chi connectivity index (χ3v) is 3.61. The van der Waals surface area contributed by atoms with Gasteiger partial charge in [-0.1, -0.05) is 0 Å². The number of hydrogen-bond donors (Lipinski definition) is 3. The van der Waals surface area contributed by atoms with Crippen LogP contribution in [-0.4, -0.2) is 24.9 Å². The quantitative estimate of drug-likeness (QED) is 0.790. The Morgan fingerprint density at radius 1 is 1.15 bits per heavy atom. The van der Waals surface area contributed by atoms with Crippen LogP contribution in [0.1, 0.15) is 26.7 Å². The number of benzene rings is 1. The van der Waals surface area contributed by atoms with Crippen LogP contribution in [0.2, 0.25) is 0 Å². The number of amides is 2. The highest BCUT2D eigenvalue weighted by Gasteiger charge is 2.34. The highest BCUT2D eigenvalue weighted by atomic mass is 16.2. The van der Waals surface area contributed by atoms with Gasteiger partial charge in [0.25, 0.3) is 0 Å². The van der Waals surface area contributed by atoms with Gasteiger partial charge in [0, 0.05) is 24.8 Å². The van der Waals surface area contributed by atoms with Gasteiger partial charge in [0.15, 0.2) is 0 Å². The van der Waals surface area contributed by atoms with Gasteiger partial charge in [0.2, 0.25) is 11.8 Å². The fraction of sp³-hybridized carbons (Fsp3) is 0.467. The summed E-state index contributed by atoms with van der Waals surface area (Å²) in [5.41, 5.74) is 1.12. The van der Waals surface area contributed by atoms with Crippen molar-refractivity contribution in [3.63, 3.8) is 0 Å². The van der Waals surface area contributed by atoms with E-state index in [1.807, 2.05) is 6.92 Å². The molecule has 3 N–H and O–H groups in total. The van der Waals surface area contributed by atoms with Gasteiger partial charge in [0.1, 0.15) is 0 Å². The zero-order valence-corrected chi connectivity index (χ0v) is 12.0. The summed E-state index contributed by atoms with van der Waals surface area (Å²) in [7, 11) is 0. The second-order valence-corrected chi connectivity index (χ2v) is 5.55. The van der Waals surface area contributed by atoms with Crippen LogP contribution in [0.25, 0.3) is 0 Å². The van der Waals surface area contributed by atoms with Gasteiger partial charge in [-0.05, 0) is 50.6 Å². The highest BCUT2D eigenvalue weighted by Crippen LogP contribution is 2.27. The molecule has 0 spiro atoms. The molecule has 0 radical (unpaired) electrons. The van der Waals surface area contributed by atoms with Crippen molar-refractivity contribution in [1.82, 2.24) is 5.32 Å². The lowest BCUT2D eigenvalue weighted by Gasteiger charge is -2.32. The van der Waals surface area contributed by atoms with Gasteiger partial charge in [-0.3, -0.25) is 9.59 Å². The van der Waals surface area contributed by atoms with E-state index < -0.39 is 0 Å². The summed E-state index contributed by atoms with van der Waals surface area (Å²) < 4.78 is 0. The number of piperidine rings is 1. The zero-order chi connectivity index (χ0) is 14.6. The minimum atomic E-state index is -0.353. The van der Waals surface area contributed by atoms with Gasteiger partial charge >= 0.3 is 0 Å². The van der Waals surface area contributed by atoms with E-state index in [4.69, 9.17) is 0 Å². The van der Waals surface area contributed by atoms with Gasteiger partial charge in [-0.15, -0.1) is 0 Å². The molecule has 2 rings (SSSR count). The fourth-order valence-electron chi connectivity index (χ4n) is 2.37. The van der Waals surface area contributed by atoms with Gasteiger partial charge in [-0.2, -0.15) is 0 Å². The molecule has 0 aliphatic carbocycles. The van der Waals surface area contributed by atoms with Crippen LogP contribution in [-0.2, 0) is 9.59 Å². The second-order valence-electron chi connectivity index (χ2n) is 5.55. The second kappa shape index (κ2) is 6.05. The molecule has 1 aromatic carbocycles. The van der Waals surface area contributed by atoms with E-state index in [2.05, 4.69) is 16.0 Å². The SMILES string of the molecule is CC(=O)Nc1ccc(NC(=O)C2(C)CCCNC2)cc1. The Hall–Kier alpha value is -1.88. The number of anilines is 2. The molecule has 1 fully saturated rings. The lowest BCUT2D eigenvalue weighted by molar-refractivity contribution is -0.125. The summed E-state index contributed by atoms with van der Waals surface area (Å²) >= 11 is 0. The fourth-order valence-corrected chi connectivity index (χ4v) is 2.37. The third kappa shape index (κ3) is 3.57. The molecule has 5 nitrogen and oxygen atoms in total. The first-order valence-electron chi connectivity index (χ1n) is 6.89. The van der Waals surface area contributed by atoms with E-state index in [-0.39, 0.29) is 17.2 Å². The van der Waals surface area contributed by atoms with Crippen LogP contribution in [0, 0.1) is 5.41 Å². The van der Waals surface area contributed by atoms with Crippen molar-refractivity contribution in [1.29, 1.82) is 0 Å². The number of rotatable bonds is 3. The lowest BCUT2D eigenvalue weighted by Crippen LogP contribution is -2.46. The van der Waals surface area contributed by atoms with Crippen molar-refractivity contribution in [2.75, 3.05) is 23.7 Å². The molecule has 0 aromatic heterocycles. The molecule has 1 aliphatic heterocycles. The average molecular weight is 275 g/mol. The van der Waals surface area contributed by atoms with E-state index in [1.165, 1.54) is 6.92 Å². The van der Waals surface area contributed by atoms with Crippen molar-refractivity contribution >= 4 is 23.2 Å². The van der Waals surface area contributed by atoms with E-state index in [1.54, 1.807) is 24.3 Å². The molecule has 1 heterocycles. The molecule has 2 amide bonds. The number of carbonyl (C=O) groups is 2. The number of hydrogen-bond acceptors (Lipinski definition) is 3. The van der Waals surface area contributed by atoms with E-state index in [0.717, 1.165) is 30.8 Å². The van der Waals surface area contributed by atoms with Crippen LogP contribution < -0.4 is 16.0 Å². The van der Waals surface area contributed by atoms with Crippen LogP contribution in [0.5, 0.6) is 0 Å². The Morgan fingerprint density at radius 2 is 1.75 bits per heavy atom. The van der Waals surface area contributed by atoms with E-state index >= 15 is 0 Å². The summed E-state index contributed by atoms with van der Waals surface area (Å²) in [5, 5.41) is 8.90. The Kier molecular flexibility index (Phi) is 4.39. The summed E-state index contributed by atoms with van der Waals surface area (Å²) in [6, 6.07) is 7.14. The van der Waals surface area contributed by atoms with Crippen LogP contribution in [0.4, 0.5) is 11.4 Å². The maximum absolute atomic E-state index is 12.3. The monoisotopic (exact) mass is 275 g/mol. The summed E-state index contributed by atoms with van der Waals surface area (Å²) in [6.07, 6.45) is 1.92. The van der Waals surface area contributed by atoms with E-state index in [9.17, 15) is 9.59 Å². The van der Waals surface area contributed by atoms with Crippen molar-refractivity contribution in [3.05, 3.63) is 24.3 Å². The van der Waals surface area contributed by atoms with Crippen molar-refractivity contribution in [3.8, 4) is 0 Å². The largest absolute Gasteiger partial charge is 0.326 e. The Bertz CT molecular complexity index is 490. The first-order chi connectivity index (χ1) is 9.49. The lowest BCUT2D eigenvalue weighted by atomic mass is 9.82. The molecule has 108 valence electrons. The van der Waals surface area contributed by atoms with Crippen molar-refractivity contribution < 1.29 is 9.59 Å². The molecule has 1 saturated heterocycles. The normalized spacial score (nSPS) is 22.1. The number of nitrogens with one attached hydrogen (secondary N) is 3. The van der Waals surface area contributed by atoms with Crippen LogP contribution in [0.15, 0.2) is 24.3 Å². The molecule has 0 saturated carbocycles. The highest BCUT2D eigenvalue weighted by molar-refractivity contribution is 5.95. The standard InChI is InChI=1S/C15H21N3O2/c1-11(19)17-12-4-6-13(7-5-12)18-14(20)15(2)8-3-9-16-10-15/h4-7,16H,3,8-10H2,1-2H3,(H,17,19)(H,18,20).